The first-order valence-corrected chi connectivity index (χ1v) is 5.62. The molecule has 0 unspecified atom stereocenters. The van der Waals surface area contributed by atoms with Gasteiger partial charge in [0, 0.05) is 10.7 Å². The molecule has 0 radical (unpaired) electrons. The minimum atomic E-state index is -1.05. The van der Waals surface area contributed by atoms with Crippen LogP contribution in [0, 0.1) is 0 Å². The smallest absolute Gasteiger partial charge is 0.354 e. The zero-order chi connectivity index (χ0) is 12.0. The summed E-state index contributed by atoms with van der Waals surface area (Å²) in [5, 5.41) is 8.86. The van der Waals surface area contributed by atoms with Crippen molar-refractivity contribution >= 4 is 38.7 Å². The van der Waals surface area contributed by atoms with E-state index in [1.807, 2.05) is 18.2 Å². The number of fused-ring (bicyclic) bond motifs is 3. The molecule has 0 saturated heterocycles. The van der Waals surface area contributed by atoms with Crippen molar-refractivity contribution in [2.24, 2.45) is 0 Å². The van der Waals surface area contributed by atoms with Crippen molar-refractivity contribution in [2.75, 3.05) is 0 Å². The number of carboxylic acid groups (broad SMARTS) is 1. The van der Waals surface area contributed by atoms with Gasteiger partial charge in [0.05, 0.1) is 11.0 Å². The van der Waals surface area contributed by atoms with Crippen LogP contribution in [-0.2, 0) is 0 Å². The van der Waals surface area contributed by atoms with E-state index in [0.717, 1.165) is 15.5 Å². The highest BCUT2D eigenvalue weighted by Gasteiger charge is 2.09. The summed E-state index contributed by atoms with van der Waals surface area (Å²) in [6, 6.07) is 7.11. The molecule has 6 heteroatoms. The number of imidazole rings is 1. The molecule has 0 aliphatic carbocycles. The van der Waals surface area contributed by atoms with Crippen LogP contribution in [0.5, 0.6) is 0 Å². The van der Waals surface area contributed by atoms with Crippen LogP contribution in [0.4, 0.5) is 0 Å². The first-order valence-electron chi connectivity index (χ1n) is 4.83. The van der Waals surface area contributed by atoms with E-state index in [2.05, 4.69) is 25.9 Å². The zero-order valence-electron chi connectivity index (χ0n) is 8.46. The Morgan fingerprint density at radius 2 is 2.12 bits per heavy atom. The molecule has 1 aromatic carbocycles. The summed E-state index contributed by atoms with van der Waals surface area (Å²) in [4.78, 5) is 19.1. The van der Waals surface area contributed by atoms with Gasteiger partial charge in [-0.15, -0.1) is 0 Å². The van der Waals surface area contributed by atoms with Gasteiger partial charge in [-0.25, -0.2) is 14.8 Å². The van der Waals surface area contributed by atoms with Gasteiger partial charge in [-0.1, -0.05) is 15.9 Å². The number of aromatic carboxylic acids is 1. The van der Waals surface area contributed by atoms with Crippen molar-refractivity contribution < 1.29 is 9.90 Å². The van der Waals surface area contributed by atoms with Gasteiger partial charge >= 0.3 is 5.97 Å². The number of nitrogens with zero attached hydrogens (tertiary/aromatic N) is 3. The van der Waals surface area contributed by atoms with Gasteiger partial charge in [0.15, 0.2) is 5.69 Å². The third kappa shape index (κ3) is 1.57. The predicted octanol–water partition coefficient (Wildman–Crippen LogP) is 2.34. The zero-order valence-corrected chi connectivity index (χ0v) is 10.0. The highest BCUT2D eigenvalue weighted by molar-refractivity contribution is 9.10. The Labute approximate surface area is 104 Å². The van der Waals surface area contributed by atoms with Crippen molar-refractivity contribution in [1.82, 2.24) is 14.4 Å². The summed E-state index contributed by atoms with van der Waals surface area (Å²) in [6.45, 7) is 0. The number of carbonyl (C=O) groups is 1. The van der Waals surface area contributed by atoms with E-state index >= 15 is 0 Å². The topological polar surface area (TPSA) is 67.5 Å². The van der Waals surface area contributed by atoms with Gasteiger partial charge in [-0.2, -0.15) is 0 Å². The lowest BCUT2D eigenvalue weighted by molar-refractivity contribution is 0.0690. The Kier molecular flexibility index (Phi) is 2.12. The minimum absolute atomic E-state index is 0.00753. The third-order valence-electron chi connectivity index (χ3n) is 2.45. The molecular weight excluding hydrogens is 286 g/mol. The summed E-state index contributed by atoms with van der Waals surface area (Å²) >= 11 is 3.38. The van der Waals surface area contributed by atoms with Crippen LogP contribution in [0.2, 0.25) is 0 Å². The summed E-state index contributed by atoms with van der Waals surface area (Å²) in [7, 11) is 0. The number of hydrogen-bond acceptors (Lipinski definition) is 3. The lowest BCUT2D eigenvalue weighted by Crippen LogP contribution is -2.01. The molecule has 0 spiro atoms. The number of benzene rings is 1. The average molecular weight is 292 g/mol. The number of carboxylic acids is 1. The minimum Gasteiger partial charge on any atom is -0.477 e. The van der Waals surface area contributed by atoms with Crippen LogP contribution in [0.25, 0.3) is 16.8 Å². The summed E-state index contributed by atoms with van der Waals surface area (Å²) in [5.41, 5.74) is 1.66. The molecule has 0 saturated carbocycles. The second kappa shape index (κ2) is 3.53. The van der Waals surface area contributed by atoms with E-state index in [9.17, 15) is 4.79 Å². The largest absolute Gasteiger partial charge is 0.477 e. The Balaban J connectivity index is 2.39. The molecule has 2 aromatic heterocycles. The molecule has 0 bridgehead atoms. The fourth-order valence-corrected chi connectivity index (χ4v) is 2.04. The van der Waals surface area contributed by atoms with E-state index in [1.165, 1.54) is 6.07 Å². The van der Waals surface area contributed by atoms with E-state index in [0.29, 0.717) is 5.78 Å². The Morgan fingerprint density at radius 3 is 2.88 bits per heavy atom. The van der Waals surface area contributed by atoms with Gasteiger partial charge in [0.25, 0.3) is 0 Å². The van der Waals surface area contributed by atoms with Crippen LogP contribution >= 0.6 is 15.9 Å². The summed E-state index contributed by atoms with van der Waals surface area (Å²) in [6.07, 6.45) is 1.66. The van der Waals surface area contributed by atoms with Crippen molar-refractivity contribution in [1.29, 1.82) is 0 Å². The van der Waals surface area contributed by atoms with Gasteiger partial charge in [-0.05, 0) is 24.3 Å². The molecule has 0 amide bonds. The van der Waals surface area contributed by atoms with Gasteiger partial charge in [-0.3, -0.25) is 4.40 Å². The number of halogens is 1. The van der Waals surface area contributed by atoms with Gasteiger partial charge < -0.3 is 5.11 Å². The molecule has 0 fully saturated rings. The molecule has 2 heterocycles. The maximum absolute atomic E-state index is 10.8. The van der Waals surface area contributed by atoms with E-state index < -0.39 is 5.97 Å². The molecule has 3 rings (SSSR count). The van der Waals surface area contributed by atoms with Crippen LogP contribution in [0.15, 0.2) is 34.9 Å². The Morgan fingerprint density at radius 1 is 1.29 bits per heavy atom. The van der Waals surface area contributed by atoms with Crippen LogP contribution in [-0.4, -0.2) is 25.4 Å². The van der Waals surface area contributed by atoms with Gasteiger partial charge in [0.2, 0.25) is 5.78 Å². The first-order chi connectivity index (χ1) is 8.15. The highest BCUT2D eigenvalue weighted by Crippen LogP contribution is 2.20. The normalized spacial score (nSPS) is 11.1. The molecule has 0 atom stereocenters. The molecule has 3 aromatic rings. The van der Waals surface area contributed by atoms with Crippen molar-refractivity contribution in [2.45, 2.75) is 0 Å². The lowest BCUT2D eigenvalue weighted by Gasteiger charge is -1.96. The molecule has 17 heavy (non-hydrogen) atoms. The molecule has 5 nitrogen and oxygen atoms in total. The number of hydrogen-bond donors (Lipinski definition) is 1. The molecule has 1 N–H and O–H groups in total. The van der Waals surface area contributed by atoms with Crippen molar-refractivity contribution in [3.63, 3.8) is 0 Å². The average Bonchev–Trinajstić information content (AvgIpc) is 2.66. The third-order valence-corrected chi connectivity index (χ3v) is 2.95. The second-order valence-corrected chi connectivity index (χ2v) is 4.45. The summed E-state index contributed by atoms with van der Waals surface area (Å²) in [5.74, 6) is -0.668. The number of rotatable bonds is 1. The van der Waals surface area contributed by atoms with E-state index in [1.54, 1.807) is 10.6 Å². The SMILES string of the molecule is O=C(O)c1ccn2c(n1)nc1ccc(Br)cc12. The van der Waals surface area contributed by atoms with Crippen molar-refractivity contribution in [3.8, 4) is 0 Å². The van der Waals surface area contributed by atoms with Crippen LogP contribution < -0.4 is 0 Å². The highest BCUT2D eigenvalue weighted by atomic mass is 79.9. The van der Waals surface area contributed by atoms with Crippen LogP contribution in [0.1, 0.15) is 10.5 Å². The number of aromatic nitrogens is 3. The summed E-state index contributed by atoms with van der Waals surface area (Å²) < 4.78 is 2.70. The fraction of sp³-hybridized carbons (Fsp3) is 0. The quantitative estimate of drug-likeness (QED) is 0.747. The Hall–Kier alpha value is -1.95. The molecule has 0 aliphatic heterocycles. The lowest BCUT2D eigenvalue weighted by atomic mass is 10.3. The van der Waals surface area contributed by atoms with Crippen LogP contribution in [0.3, 0.4) is 0 Å². The second-order valence-electron chi connectivity index (χ2n) is 3.53. The maximum atomic E-state index is 10.8. The molecule has 84 valence electrons. The molecular formula is C11H6BrN3O2. The van der Waals surface area contributed by atoms with Crippen molar-refractivity contribution in [3.05, 3.63) is 40.6 Å². The maximum Gasteiger partial charge on any atom is 0.354 e. The van der Waals surface area contributed by atoms with E-state index in [4.69, 9.17) is 5.11 Å². The Bertz CT molecular complexity index is 751. The van der Waals surface area contributed by atoms with E-state index in [-0.39, 0.29) is 5.69 Å². The first kappa shape index (κ1) is 10.2. The fourth-order valence-electron chi connectivity index (χ4n) is 1.69. The monoisotopic (exact) mass is 291 g/mol. The molecule has 0 aliphatic rings. The standard InChI is InChI=1S/C11H6BrN3O2/c12-6-1-2-7-9(5-6)15-4-3-8(10(16)17)14-11(15)13-7/h1-5H,(H,16,17). The predicted molar refractivity (Wildman–Crippen MR) is 65.2 cm³/mol. The van der Waals surface area contributed by atoms with Gasteiger partial charge in [0.1, 0.15) is 0 Å².